The molecule has 3 rings (SSSR count). The van der Waals surface area contributed by atoms with Crippen LogP contribution in [0.1, 0.15) is 22.8 Å². The number of ether oxygens (including phenoxy) is 1. The van der Waals surface area contributed by atoms with E-state index in [0.717, 1.165) is 6.42 Å². The van der Waals surface area contributed by atoms with Crippen molar-refractivity contribution in [1.29, 1.82) is 0 Å². The minimum atomic E-state index is 0.0296. The van der Waals surface area contributed by atoms with E-state index in [1.54, 1.807) is 18.5 Å². The van der Waals surface area contributed by atoms with E-state index < -0.39 is 0 Å². The summed E-state index contributed by atoms with van der Waals surface area (Å²) in [6, 6.07) is 13.9. The first kappa shape index (κ1) is 14.7. The normalized spacial score (nSPS) is 21.6. The lowest BCUT2D eigenvalue weighted by Crippen LogP contribution is -2.51. The van der Waals surface area contributed by atoms with Crippen LogP contribution in [0.25, 0.3) is 0 Å². The monoisotopic (exact) mass is 296 g/mol. The fourth-order valence-corrected chi connectivity index (χ4v) is 2.76. The van der Waals surface area contributed by atoms with Crippen molar-refractivity contribution in [3.8, 4) is 0 Å². The van der Waals surface area contributed by atoms with Gasteiger partial charge < -0.3 is 9.64 Å². The predicted octanol–water partition coefficient (Wildman–Crippen LogP) is 2.55. The molecule has 0 spiro atoms. The fourth-order valence-electron chi connectivity index (χ4n) is 2.76. The van der Waals surface area contributed by atoms with Crippen LogP contribution in [-0.4, -0.2) is 41.1 Å². The van der Waals surface area contributed by atoms with Gasteiger partial charge in [0.05, 0.1) is 24.3 Å². The highest BCUT2D eigenvalue weighted by Gasteiger charge is 2.30. The molecule has 1 fully saturated rings. The van der Waals surface area contributed by atoms with Gasteiger partial charge in [0, 0.05) is 25.4 Å². The zero-order chi connectivity index (χ0) is 15.4. The number of rotatable bonds is 3. The van der Waals surface area contributed by atoms with Crippen molar-refractivity contribution in [2.45, 2.75) is 25.5 Å². The second kappa shape index (κ2) is 6.71. The maximum absolute atomic E-state index is 12.6. The van der Waals surface area contributed by atoms with Gasteiger partial charge in [-0.1, -0.05) is 30.3 Å². The molecule has 4 heteroatoms. The summed E-state index contributed by atoms with van der Waals surface area (Å²) in [5, 5.41) is 0. The van der Waals surface area contributed by atoms with Gasteiger partial charge in [-0.15, -0.1) is 0 Å². The van der Waals surface area contributed by atoms with Crippen LogP contribution >= 0.6 is 0 Å². The van der Waals surface area contributed by atoms with E-state index >= 15 is 0 Å². The molecule has 1 saturated heterocycles. The zero-order valence-corrected chi connectivity index (χ0v) is 12.7. The molecule has 0 radical (unpaired) electrons. The van der Waals surface area contributed by atoms with Gasteiger partial charge in [0.15, 0.2) is 0 Å². The van der Waals surface area contributed by atoms with Crippen molar-refractivity contribution in [2.24, 2.45) is 0 Å². The third kappa shape index (κ3) is 3.34. The first-order valence-corrected chi connectivity index (χ1v) is 7.60. The summed E-state index contributed by atoms with van der Waals surface area (Å²) in [6.45, 7) is 3.21. The van der Waals surface area contributed by atoms with Crippen LogP contribution in [-0.2, 0) is 11.2 Å². The van der Waals surface area contributed by atoms with E-state index in [4.69, 9.17) is 4.74 Å². The molecule has 2 unspecified atom stereocenters. The molecule has 0 N–H and O–H groups in total. The Labute approximate surface area is 130 Å². The van der Waals surface area contributed by atoms with Crippen molar-refractivity contribution < 1.29 is 9.53 Å². The zero-order valence-electron chi connectivity index (χ0n) is 12.7. The quantitative estimate of drug-likeness (QED) is 0.874. The minimum absolute atomic E-state index is 0.0296. The SMILES string of the molecule is CC1COC(Cc2ccccc2)CN1C(=O)c1cccnc1. The number of hydrogen-bond acceptors (Lipinski definition) is 3. The summed E-state index contributed by atoms with van der Waals surface area (Å²) < 4.78 is 5.90. The van der Waals surface area contributed by atoms with Crippen LogP contribution in [0, 0.1) is 0 Å². The molecule has 1 amide bonds. The second-order valence-electron chi connectivity index (χ2n) is 5.69. The number of nitrogens with zero attached hydrogens (tertiary/aromatic N) is 2. The number of morpholine rings is 1. The topological polar surface area (TPSA) is 42.4 Å². The lowest BCUT2D eigenvalue weighted by molar-refractivity contribution is -0.0464. The summed E-state index contributed by atoms with van der Waals surface area (Å²) in [5.41, 5.74) is 1.87. The molecule has 1 aromatic carbocycles. The number of pyridine rings is 1. The molecule has 2 atom stereocenters. The first-order valence-electron chi connectivity index (χ1n) is 7.60. The van der Waals surface area contributed by atoms with E-state index in [1.165, 1.54) is 5.56 Å². The van der Waals surface area contributed by atoms with Crippen molar-refractivity contribution in [3.63, 3.8) is 0 Å². The number of aromatic nitrogens is 1. The van der Waals surface area contributed by atoms with Gasteiger partial charge >= 0.3 is 0 Å². The Balaban J connectivity index is 1.70. The first-order chi connectivity index (χ1) is 10.7. The predicted molar refractivity (Wildman–Crippen MR) is 84.6 cm³/mol. The van der Waals surface area contributed by atoms with Gasteiger partial charge in [-0.2, -0.15) is 0 Å². The van der Waals surface area contributed by atoms with Crippen LogP contribution < -0.4 is 0 Å². The van der Waals surface area contributed by atoms with Crippen LogP contribution in [0.5, 0.6) is 0 Å². The molecule has 2 aromatic rings. The summed E-state index contributed by atoms with van der Waals surface area (Å²) in [5.74, 6) is 0.0296. The molecule has 0 bridgehead atoms. The average Bonchev–Trinajstić information content (AvgIpc) is 2.58. The molecule has 0 aliphatic carbocycles. The minimum Gasteiger partial charge on any atom is -0.374 e. The molecular formula is C18H20N2O2. The third-order valence-electron chi connectivity index (χ3n) is 3.98. The van der Waals surface area contributed by atoms with Crippen molar-refractivity contribution in [2.75, 3.05) is 13.2 Å². The Hall–Kier alpha value is -2.20. The number of carbonyl (C=O) groups excluding carboxylic acids is 1. The standard InChI is InChI=1S/C18H20N2O2/c1-14-13-22-17(10-15-6-3-2-4-7-15)12-20(14)18(21)16-8-5-9-19-11-16/h2-9,11,14,17H,10,12-13H2,1H3. The molecule has 0 saturated carbocycles. The van der Waals surface area contributed by atoms with E-state index in [9.17, 15) is 4.79 Å². The smallest absolute Gasteiger partial charge is 0.255 e. The Morgan fingerprint density at radius 1 is 1.27 bits per heavy atom. The summed E-state index contributed by atoms with van der Waals surface area (Å²) in [4.78, 5) is 18.6. The maximum atomic E-state index is 12.6. The maximum Gasteiger partial charge on any atom is 0.255 e. The van der Waals surface area contributed by atoms with Gasteiger partial charge in [0.25, 0.3) is 5.91 Å². The Morgan fingerprint density at radius 3 is 2.82 bits per heavy atom. The van der Waals surface area contributed by atoms with Gasteiger partial charge in [0.2, 0.25) is 0 Å². The molecule has 4 nitrogen and oxygen atoms in total. The Kier molecular flexibility index (Phi) is 4.49. The van der Waals surface area contributed by atoms with Crippen molar-refractivity contribution in [3.05, 3.63) is 66.0 Å². The fraction of sp³-hybridized carbons (Fsp3) is 0.333. The summed E-state index contributed by atoms with van der Waals surface area (Å²) in [6.07, 6.45) is 4.16. The van der Waals surface area contributed by atoms with Gasteiger partial charge in [0.1, 0.15) is 0 Å². The van der Waals surface area contributed by atoms with Crippen LogP contribution in [0.3, 0.4) is 0 Å². The largest absolute Gasteiger partial charge is 0.374 e. The van der Waals surface area contributed by atoms with E-state index in [0.29, 0.717) is 18.7 Å². The molecule has 22 heavy (non-hydrogen) atoms. The Bertz CT molecular complexity index is 615. The molecular weight excluding hydrogens is 276 g/mol. The van der Waals surface area contributed by atoms with E-state index in [-0.39, 0.29) is 18.1 Å². The van der Waals surface area contributed by atoms with Crippen LogP contribution in [0.15, 0.2) is 54.9 Å². The number of benzene rings is 1. The van der Waals surface area contributed by atoms with Crippen LogP contribution in [0.2, 0.25) is 0 Å². The highest BCUT2D eigenvalue weighted by molar-refractivity contribution is 5.94. The average molecular weight is 296 g/mol. The second-order valence-corrected chi connectivity index (χ2v) is 5.69. The molecule has 1 aliphatic heterocycles. The lowest BCUT2D eigenvalue weighted by Gasteiger charge is -2.38. The molecule has 2 heterocycles. The lowest BCUT2D eigenvalue weighted by atomic mass is 10.0. The molecule has 1 aliphatic rings. The van der Waals surface area contributed by atoms with E-state index in [2.05, 4.69) is 17.1 Å². The third-order valence-corrected chi connectivity index (χ3v) is 3.98. The van der Waals surface area contributed by atoms with Crippen molar-refractivity contribution in [1.82, 2.24) is 9.88 Å². The Morgan fingerprint density at radius 2 is 2.09 bits per heavy atom. The van der Waals surface area contributed by atoms with Crippen molar-refractivity contribution >= 4 is 5.91 Å². The summed E-state index contributed by atoms with van der Waals surface area (Å²) >= 11 is 0. The van der Waals surface area contributed by atoms with Crippen LogP contribution in [0.4, 0.5) is 0 Å². The molecule has 114 valence electrons. The molecule has 1 aromatic heterocycles. The van der Waals surface area contributed by atoms with Gasteiger partial charge in [-0.05, 0) is 24.6 Å². The number of amides is 1. The van der Waals surface area contributed by atoms with E-state index in [1.807, 2.05) is 36.1 Å². The van der Waals surface area contributed by atoms with Gasteiger partial charge in [-0.25, -0.2) is 0 Å². The summed E-state index contributed by atoms with van der Waals surface area (Å²) in [7, 11) is 0. The number of hydrogen-bond donors (Lipinski definition) is 0. The number of carbonyl (C=O) groups is 1. The highest BCUT2D eigenvalue weighted by Crippen LogP contribution is 2.18. The van der Waals surface area contributed by atoms with Gasteiger partial charge in [-0.3, -0.25) is 9.78 Å². The highest BCUT2D eigenvalue weighted by atomic mass is 16.5.